The van der Waals surface area contributed by atoms with Crippen LogP contribution >= 0.6 is 34.2 Å². The molecule has 0 saturated heterocycles. The number of halogens is 2. The van der Waals surface area contributed by atoms with Crippen LogP contribution in [-0.2, 0) is 0 Å². The van der Waals surface area contributed by atoms with E-state index in [1.54, 1.807) is 50.4 Å². The van der Waals surface area contributed by atoms with Crippen LogP contribution in [-0.4, -0.2) is 18.9 Å². The lowest BCUT2D eigenvalue weighted by Gasteiger charge is -2.11. The normalized spacial score (nSPS) is 10.1. The van der Waals surface area contributed by atoms with E-state index in [4.69, 9.17) is 16.3 Å². The van der Waals surface area contributed by atoms with Gasteiger partial charge in [0.25, 0.3) is 11.8 Å². The standard InChI is InChI=1S/C16H14ClIN2O3/c1-9-4-3-5-11(17)14(9)16(22)20-19-15(21)10-6-7-13(23-2)12(18)8-10/h3-8H,1-2H3,(H,19,21)(H,20,22). The zero-order valence-corrected chi connectivity index (χ0v) is 15.4. The molecule has 2 N–H and O–H groups in total. The highest BCUT2D eigenvalue weighted by molar-refractivity contribution is 14.1. The van der Waals surface area contributed by atoms with Gasteiger partial charge in [-0.15, -0.1) is 0 Å². The van der Waals surface area contributed by atoms with Crippen molar-refractivity contribution in [2.24, 2.45) is 0 Å². The summed E-state index contributed by atoms with van der Waals surface area (Å²) in [6.07, 6.45) is 0. The number of ether oxygens (including phenoxy) is 1. The van der Waals surface area contributed by atoms with E-state index in [0.29, 0.717) is 21.9 Å². The van der Waals surface area contributed by atoms with Crippen LogP contribution in [0.2, 0.25) is 5.02 Å². The lowest BCUT2D eigenvalue weighted by atomic mass is 10.1. The third-order valence-corrected chi connectivity index (χ3v) is 4.31. The fraction of sp³-hybridized carbons (Fsp3) is 0.125. The van der Waals surface area contributed by atoms with Crippen molar-refractivity contribution < 1.29 is 14.3 Å². The number of hydrogen-bond acceptors (Lipinski definition) is 3. The maximum absolute atomic E-state index is 12.2. The summed E-state index contributed by atoms with van der Waals surface area (Å²) < 4.78 is 5.94. The van der Waals surface area contributed by atoms with Gasteiger partial charge in [0.1, 0.15) is 5.75 Å². The first-order valence-corrected chi connectivity index (χ1v) is 8.09. The van der Waals surface area contributed by atoms with Crippen LogP contribution < -0.4 is 15.6 Å². The zero-order chi connectivity index (χ0) is 17.0. The van der Waals surface area contributed by atoms with Gasteiger partial charge in [-0.25, -0.2) is 0 Å². The monoisotopic (exact) mass is 444 g/mol. The van der Waals surface area contributed by atoms with Gasteiger partial charge in [0.2, 0.25) is 0 Å². The summed E-state index contributed by atoms with van der Waals surface area (Å²) in [5, 5.41) is 0.329. The topological polar surface area (TPSA) is 67.4 Å². The predicted octanol–water partition coefficient (Wildman–Crippen LogP) is 3.34. The third kappa shape index (κ3) is 4.14. The van der Waals surface area contributed by atoms with Crippen LogP contribution in [0.15, 0.2) is 36.4 Å². The smallest absolute Gasteiger partial charge is 0.271 e. The molecule has 23 heavy (non-hydrogen) atoms. The van der Waals surface area contributed by atoms with E-state index < -0.39 is 11.8 Å². The van der Waals surface area contributed by atoms with Crippen LogP contribution in [0.1, 0.15) is 26.3 Å². The number of benzene rings is 2. The fourth-order valence-corrected chi connectivity index (χ4v) is 3.02. The van der Waals surface area contributed by atoms with E-state index in [9.17, 15) is 9.59 Å². The van der Waals surface area contributed by atoms with Gasteiger partial charge in [-0.05, 0) is 59.3 Å². The van der Waals surface area contributed by atoms with Gasteiger partial charge >= 0.3 is 0 Å². The van der Waals surface area contributed by atoms with Gasteiger partial charge in [-0.2, -0.15) is 0 Å². The second-order valence-corrected chi connectivity index (χ2v) is 6.26. The van der Waals surface area contributed by atoms with Gasteiger partial charge < -0.3 is 4.74 Å². The highest BCUT2D eigenvalue weighted by Gasteiger charge is 2.15. The molecule has 0 aliphatic carbocycles. The molecule has 7 heteroatoms. The Kier molecular flexibility index (Phi) is 5.84. The Bertz CT molecular complexity index is 745. The molecule has 0 aliphatic heterocycles. The average Bonchev–Trinajstić information content (AvgIpc) is 2.52. The largest absolute Gasteiger partial charge is 0.496 e. The molecule has 2 rings (SSSR count). The van der Waals surface area contributed by atoms with Crippen molar-refractivity contribution in [1.82, 2.24) is 10.9 Å². The molecule has 2 aromatic rings. The van der Waals surface area contributed by atoms with Crippen LogP contribution in [0.4, 0.5) is 0 Å². The van der Waals surface area contributed by atoms with Crippen LogP contribution in [0, 0.1) is 10.5 Å². The Morgan fingerprint density at radius 1 is 1.13 bits per heavy atom. The molecule has 0 heterocycles. The second kappa shape index (κ2) is 7.65. The van der Waals surface area contributed by atoms with Crippen molar-refractivity contribution in [1.29, 1.82) is 0 Å². The summed E-state index contributed by atoms with van der Waals surface area (Å²) in [5.74, 6) is -0.217. The number of carbonyl (C=O) groups excluding carboxylic acids is 2. The summed E-state index contributed by atoms with van der Waals surface area (Å²) in [6.45, 7) is 1.77. The minimum Gasteiger partial charge on any atom is -0.496 e. The summed E-state index contributed by atoms with van der Waals surface area (Å²) >= 11 is 8.09. The SMILES string of the molecule is COc1ccc(C(=O)NNC(=O)c2c(C)cccc2Cl)cc1I. The van der Waals surface area contributed by atoms with Gasteiger partial charge in [-0.1, -0.05) is 23.7 Å². The second-order valence-electron chi connectivity index (χ2n) is 4.69. The first-order chi connectivity index (χ1) is 10.9. The molecule has 0 fully saturated rings. The number of rotatable bonds is 3. The summed E-state index contributed by atoms with van der Waals surface area (Å²) in [6, 6.07) is 10.1. The predicted molar refractivity (Wildman–Crippen MR) is 96.8 cm³/mol. The van der Waals surface area contributed by atoms with E-state index in [2.05, 4.69) is 33.4 Å². The van der Waals surface area contributed by atoms with Gasteiger partial charge in [0.15, 0.2) is 0 Å². The van der Waals surface area contributed by atoms with Crippen LogP contribution in [0.25, 0.3) is 0 Å². The van der Waals surface area contributed by atoms with Crippen molar-refractivity contribution in [3.63, 3.8) is 0 Å². The van der Waals surface area contributed by atoms with Crippen molar-refractivity contribution in [2.75, 3.05) is 7.11 Å². The molecular weight excluding hydrogens is 431 g/mol. The van der Waals surface area contributed by atoms with E-state index in [1.165, 1.54) is 0 Å². The number of nitrogens with one attached hydrogen (secondary N) is 2. The highest BCUT2D eigenvalue weighted by Crippen LogP contribution is 2.21. The molecular formula is C16H14ClIN2O3. The quantitative estimate of drug-likeness (QED) is 0.564. The van der Waals surface area contributed by atoms with Crippen LogP contribution in [0.3, 0.4) is 0 Å². The summed E-state index contributed by atoms with van der Waals surface area (Å²) in [4.78, 5) is 24.3. The highest BCUT2D eigenvalue weighted by atomic mass is 127. The number of hydrazine groups is 1. The Labute approximate surface area is 152 Å². The van der Waals surface area contributed by atoms with E-state index in [0.717, 1.165) is 9.13 Å². The Hall–Kier alpha value is -1.80. The maximum atomic E-state index is 12.2. The third-order valence-electron chi connectivity index (χ3n) is 3.15. The molecule has 0 radical (unpaired) electrons. The first-order valence-electron chi connectivity index (χ1n) is 6.63. The molecule has 0 unspecified atom stereocenters. The minimum absolute atomic E-state index is 0.329. The zero-order valence-electron chi connectivity index (χ0n) is 12.4. The van der Waals surface area contributed by atoms with Gasteiger partial charge in [0, 0.05) is 5.56 Å². The maximum Gasteiger partial charge on any atom is 0.271 e. The fourth-order valence-electron chi connectivity index (χ4n) is 1.98. The number of carbonyl (C=O) groups is 2. The Balaban J connectivity index is 2.07. The average molecular weight is 445 g/mol. The van der Waals surface area contributed by atoms with Crippen LogP contribution in [0.5, 0.6) is 5.75 Å². The van der Waals surface area contributed by atoms with Crippen molar-refractivity contribution in [3.05, 3.63) is 61.7 Å². The summed E-state index contributed by atoms with van der Waals surface area (Å²) in [5.41, 5.74) is 6.21. The Morgan fingerprint density at radius 3 is 2.43 bits per heavy atom. The molecule has 0 aliphatic rings. The number of methoxy groups -OCH3 is 1. The minimum atomic E-state index is -0.468. The molecule has 2 amide bonds. The molecule has 0 bridgehead atoms. The first kappa shape index (κ1) is 17.6. The van der Waals surface area contributed by atoms with E-state index in [-0.39, 0.29) is 0 Å². The lowest BCUT2D eigenvalue weighted by Crippen LogP contribution is -2.42. The van der Waals surface area contributed by atoms with Gasteiger partial charge in [0.05, 0.1) is 21.3 Å². The van der Waals surface area contributed by atoms with Gasteiger partial charge in [-0.3, -0.25) is 20.4 Å². The van der Waals surface area contributed by atoms with Crippen molar-refractivity contribution in [3.8, 4) is 5.75 Å². The molecule has 0 saturated carbocycles. The van der Waals surface area contributed by atoms with E-state index in [1.807, 2.05) is 0 Å². The molecule has 0 atom stereocenters. The number of aryl methyl sites for hydroxylation is 1. The van der Waals surface area contributed by atoms with Crippen molar-refractivity contribution in [2.45, 2.75) is 6.92 Å². The van der Waals surface area contributed by atoms with E-state index >= 15 is 0 Å². The molecule has 5 nitrogen and oxygen atoms in total. The Morgan fingerprint density at radius 2 is 1.83 bits per heavy atom. The molecule has 0 spiro atoms. The number of amides is 2. The lowest BCUT2D eigenvalue weighted by molar-refractivity contribution is 0.0846. The molecule has 0 aromatic heterocycles. The number of hydrogen-bond donors (Lipinski definition) is 2. The summed E-state index contributed by atoms with van der Waals surface area (Å²) in [7, 11) is 1.56. The molecule has 2 aromatic carbocycles. The van der Waals surface area contributed by atoms with Crippen molar-refractivity contribution >= 4 is 46.0 Å². The molecule has 120 valence electrons.